The normalized spacial score (nSPS) is 10.9. The van der Waals surface area contributed by atoms with E-state index in [0.717, 1.165) is 29.8 Å². The van der Waals surface area contributed by atoms with Crippen LogP contribution >= 0.6 is 0 Å². The Labute approximate surface area is 164 Å². The van der Waals surface area contributed by atoms with Crippen LogP contribution in [0.25, 0.3) is 10.8 Å². The number of rotatable bonds is 6. The second kappa shape index (κ2) is 8.25. The van der Waals surface area contributed by atoms with E-state index >= 15 is 0 Å². The predicted octanol–water partition coefficient (Wildman–Crippen LogP) is 3.82. The summed E-state index contributed by atoms with van der Waals surface area (Å²) in [4.78, 5) is 27.7. The number of unbranched alkanes of at least 4 members (excludes halogenated alkanes) is 1. The molecule has 1 aromatic heterocycles. The molecule has 2 aromatic carbocycles. The molecule has 0 fully saturated rings. The molecule has 0 radical (unpaired) electrons. The number of nitrogens with one attached hydrogen (secondary N) is 1. The third-order valence-corrected chi connectivity index (χ3v) is 4.78. The average Bonchev–Trinajstić information content (AvgIpc) is 2.69. The summed E-state index contributed by atoms with van der Waals surface area (Å²) in [7, 11) is 3.95. The van der Waals surface area contributed by atoms with Crippen LogP contribution in [-0.2, 0) is 6.54 Å². The molecular formula is C22H26N4O2. The molecule has 1 heterocycles. The molecule has 0 bridgehead atoms. The number of fused-ring (bicyclic) bond motifs is 1. The summed E-state index contributed by atoms with van der Waals surface area (Å²) in [5.41, 5.74) is 2.86. The third kappa shape index (κ3) is 3.91. The van der Waals surface area contributed by atoms with Crippen LogP contribution in [0.5, 0.6) is 0 Å². The van der Waals surface area contributed by atoms with E-state index in [9.17, 15) is 9.59 Å². The van der Waals surface area contributed by atoms with Gasteiger partial charge in [-0.15, -0.1) is 0 Å². The minimum Gasteiger partial charge on any atom is -0.378 e. The topological polar surface area (TPSA) is 67.2 Å². The Kier molecular flexibility index (Phi) is 5.78. The number of carbonyl (C=O) groups is 1. The zero-order valence-electron chi connectivity index (χ0n) is 16.8. The van der Waals surface area contributed by atoms with Gasteiger partial charge in [-0.3, -0.25) is 9.59 Å². The van der Waals surface area contributed by atoms with Crippen molar-refractivity contribution in [2.24, 2.45) is 0 Å². The maximum atomic E-state index is 13.0. The molecule has 0 aliphatic rings. The van der Waals surface area contributed by atoms with Gasteiger partial charge in [0.05, 0.1) is 5.39 Å². The number of hydrogen-bond acceptors (Lipinski definition) is 4. The maximum Gasteiger partial charge on any atom is 0.276 e. The molecule has 0 aliphatic heterocycles. The Bertz CT molecular complexity index is 1070. The molecule has 3 aromatic rings. The first-order valence-electron chi connectivity index (χ1n) is 9.51. The summed E-state index contributed by atoms with van der Waals surface area (Å²) in [6.45, 7) is 4.51. The molecule has 1 N–H and O–H groups in total. The van der Waals surface area contributed by atoms with Crippen LogP contribution in [-0.4, -0.2) is 29.8 Å². The van der Waals surface area contributed by atoms with Crippen molar-refractivity contribution in [2.45, 2.75) is 33.2 Å². The summed E-state index contributed by atoms with van der Waals surface area (Å²) in [6.07, 6.45) is 1.78. The maximum absolute atomic E-state index is 13.0. The van der Waals surface area contributed by atoms with Crippen molar-refractivity contribution in [3.05, 3.63) is 64.1 Å². The number of anilines is 2. The predicted molar refractivity (Wildman–Crippen MR) is 114 cm³/mol. The van der Waals surface area contributed by atoms with Crippen LogP contribution in [0.15, 0.2) is 47.3 Å². The van der Waals surface area contributed by atoms with Crippen LogP contribution < -0.4 is 15.8 Å². The summed E-state index contributed by atoms with van der Waals surface area (Å²) < 4.78 is 1.41. The minimum atomic E-state index is -0.317. The SMILES string of the molecule is CCCCn1nc(C(=O)Nc2ccc(N(C)C)cc2C)c2ccccc2c1=O. The molecule has 0 unspecified atom stereocenters. The van der Waals surface area contributed by atoms with Gasteiger partial charge in [-0.05, 0) is 43.2 Å². The number of amides is 1. The van der Waals surface area contributed by atoms with E-state index in [-0.39, 0.29) is 17.2 Å². The number of aromatic nitrogens is 2. The average molecular weight is 378 g/mol. The number of aryl methyl sites for hydroxylation is 2. The lowest BCUT2D eigenvalue weighted by Gasteiger charge is -2.16. The fourth-order valence-corrected chi connectivity index (χ4v) is 3.11. The summed E-state index contributed by atoms with van der Waals surface area (Å²) in [5.74, 6) is -0.317. The number of nitrogens with zero attached hydrogens (tertiary/aromatic N) is 3. The van der Waals surface area contributed by atoms with Crippen LogP contribution in [0, 0.1) is 6.92 Å². The number of carbonyl (C=O) groups excluding carboxylic acids is 1. The largest absolute Gasteiger partial charge is 0.378 e. The van der Waals surface area contributed by atoms with E-state index < -0.39 is 0 Å². The zero-order chi connectivity index (χ0) is 20.3. The van der Waals surface area contributed by atoms with Crippen molar-refractivity contribution in [1.29, 1.82) is 0 Å². The van der Waals surface area contributed by atoms with Crippen molar-refractivity contribution < 1.29 is 4.79 Å². The second-order valence-electron chi connectivity index (χ2n) is 7.12. The molecule has 0 atom stereocenters. The first kappa shape index (κ1) is 19.6. The molecule has 0 spiro atoms. The third-order valence-electron chi connectivity index (χ3n) is 4.78. The molecule has 1 amide bonds. The molecule has 3 rings (SSSR count). The minimum absolute atomic E-state index is 0.160. The Hall–Kier alpha value is -3.15. The van der Waals surface area contributed by atoms with E-state index in [0.29, 0.717) is 17.3 Å². The standard InChI is InChI=1S/C22H26N4O2/c1-5-6-13-26-22(28)18-10-8-7-9-17(18)20(24-26)21(27)23-19-12-11-16(25(3)4)14-15(19)2/h7-12,14H,5-6,13H2,1-4H3,(H,23,27). The van der Waals surface area contributed by atoms with Crippen molar-refractivity contribution in [1.82, 2.24) is 9.78 Å². The van der Waals surface area contributed by atoms with Gasteiger partial charge in [-0.1, -0.05) is 31.5 Å². The molecular weight excluding hydrogens is 352 g/mol. The smallest absolute Gasteiger partial charge is 0.276 e. The highest BCUT2D eigenvalue weighted by molar-refractivity contribution is 6.11. The van der Waals surface area contributed by atoms with Gasteiger partial charge >= 0.3 is 0 Å². The highest BCUT2D eigenvalue weighted by Gasteiger charge is 2.17. The van der Waals surface area contributed by atoms with Gasteiger partial charge in [0.1, 0.15) is 0 Å². The Morgan fingerprint density at radius 3 is 2.50 bits per heavy atom. The summed E-state index contributed by atoms with van der Waals surface area (Å²) >= 11 is 0. The molecule has 6 heteroatoms. The van der Waals surface area contributed by atoms with Gasteiger partial charge < -0.3 is 10.2 Å². The molecule has 6 nitrogen and oxygen atoms in total. The van der Waals surface area contributed by atoms with Gasteiger partial charge in [-0.25, -0.2) is 4.68 Å². The van der Waals surface area contributed by atoms with E-state index in [1.807, 2.05) is 50.2 Å². The van der Waals surface area contributed by atoms with Crippen molar-refractivity contribution in [3.63, 3.8) is 0 Å². The van der Waals surface area contributed by atoms with Crippen LogP contribution in [0.4, 0.5) is 11.4 Å². The molecule has 0 aliphatic carbocycles. The van der Waals surface area contributed by atoms with Crippen molar-refractivity contribution in [2.75, 3.05) is 24.3 Å². The molecule has 0 saturated heterocycles. The van der Waals surface area contributed by atoms with E-state index in [4.69, 9.17) is 0 Å². The lowest BCUT2D eigenvalue weighted by atomic mass is 10.1. The van der Waals surface area contributed by atoms with Crippen LogP contribution in [0.2, 0.25) is 0 Å². The van der Waals surface area contributed by atoms with Gasteiger partial charge in [0, 0.05) is 37.4 Å². The Morgan fingerprint density at radius 1 is 1.14 bits per heavy atom. The lowest BCUT2D eigenvalue weighted by Crippen LogP contribution is -2.27. The van der Waals surface area contributed by atoms with Crippen LogP contribution in [0.3, 0.4) is 0 Å². The zero-order valence-corrected chi connectivity index (χ0v) is 16.8. The number of hydrogen-bond donors (Lipinski definition) is 1. The monoisotopic (exact) mass is 378 g/mol. The first-order valence-corrected chi connectivity index (χ1v) is 9.51. The Morgan fingerprint density at radius 2 is 1.86 bits per heavy atom. The van der Waals surface area contributed by atoms with E-state index in [1.165, 1.54) is 4.68 Å². The fraction of sp³-hybridized carbons (Fsp3) is 0.318. The van der Waals surface area contributed by atoms with Crippen LogP contribution in [0.1, 0.15) is 35.8 Å². The number of benzene rings is 2. The Balaban J connectivity index is 2.01. The highest BCUT2D eigenvalue weighted by Crippen LogP contribution is 2.22. The van der Waals surface area contributed by atoms with Gasteiger partial charge in [0.15, 0.2) is 5.69 Å². The van der Waals surface area contributed by atoms with Gasteiger partial charge in [0.25, 0.3) is 11.5 Å². The van der Waals surface area contributed by atoms with E-state index in [1.54, 1.807) is 18.2 Å². The second-order valence-corrected chi connectivity index (χ2v) is 7.12. The molecule has 0 saturated carbocycles. The van der Waals surface area contributed by atoms with Gasteiger partial charge in [0.2, 0.25) is 0 Å². The highest BCUT2D eigenvalue weighted by atomic mass is 16.2. The molecule has 28 heavy (non-hydrogen) atoms. The molecule has 146 valence electrons. The van der Waals surface area contributed by atoms with Crippen molar-refractivity contribution in [3.8, 4) is 0 Å². The lowest BCUT2D eigenvalue weighted by molar-refractivity contribution is 0.102. The van der Waals surface area contributed by atoms with E-state index in [2.05, 4.69) is 17.3 Å². The first-order chi connectivity index (χ1) is 13.4. The fourth-order valence-electron chi connectivity index (χ4n) is 3.11. The quantitative estimate of drug-likeness (QED) is 0.708. The van der Waals surface area contributed by atoms with Gasteiger partial charge in [-0.2, -0.15) is 5.10 Å². The summed E-state index contributed by atoms with van der Waals surface area (Å²) in [5, 5.41) is 8.43. The van der Waals surface area contributed by atoms with Crippen molar-refractivity contribution >= 4 is 28.1 Å². The summed E-state index contributed by atoms with van der Waals surface area (Å²) in [6, 6.07) is 13.0.